The first-order valence-electron chi connectivity index (χ1n) is 6.14. The molecule has 0 saturated heterocycles. The Hall–Kier alpha value is -2.15. The van der Waals surface area contributed by atoms with Crippen molar-refractivity contribution in [2.24, 2.45) is 0 Å². The fraction of sp³-hybridized carbons (Fsp3) is 0.118. The van der Waals surface area contributed by atoms with E-state index in [1.807, 2.05) is 43.3 Å². The first-order valence-corrected chi connectivity index (χ1v) is 6.14. The van der Waals surface area contributed by atoms with Crippen molar-refractivity contribution in [3.05, 3.63) is 65.7 Å². The Balaban J connectivity index is 2.37. The van der Waals surface area contributed by atoms with Gasteiger partial charge in [0.2, 0.25) is 0 Å². The summed E-state index contributed by atoms with van der Waals surface area (Å²) in [5.41, 5.74) is 4.25. The Labute approximate surface area is 108 Å². The van der Waals surface area contributed by atoms with Gasteiger partial charge in [0.1, 0.15) is 6.29 Å². The summed E-state index contributed by atoms with van der Waals surface area (Å²) >= 11 is 0. The Morgan fingerprint density at radius 2 is 1.72 bits per heavy atom. The Bertz CT molecular complexity index is 553. The molecule has 0 aliphatic heterocycles. The molecule has 90 valence electrons. The summed E-state index contributed by atoms with van der Waals surface area (Å²) in [4.78, 5) is 10.8. The van der Waals surface area contributed by atoms with Gasteiger partial charge < -0.3 is 0 Å². The third-order valence-corrected chi connectivity index (χ3v) is 2.91. The van der Waals surface area contributed by atoms with Crippen molar-refractivity contribution in [2.45, 2.75) is 13.3 Å². The van der Waals surface area contributed by atoms with Gasteiger partial charge in [-0.3, -0.25) is 4.79 Å². The number of carbonyl (C=O) groups is 1. The predicted octanol–water partition coefficient (Wildman–Crippen LogP) is 4.35. The van der Waals surface area contributed by atoms with Gasteiger partial charge in [0, 0.05) is 0 Å². The second-order valence-corrected chi connectivity index (χ2v) is 4.18. The van der Waals surface area contributed by atoms with Gasteiger partial charge in [0.25, 0.3) is 0 Å². The maximum absolute atomic E-state index is 10.8. The lowest BCUT2D eigenvalue weighted by Gasteiger charge is -2.03. The molecule has 0 N–H and O–H groups in total. The average molecular weight is 236 g/mol. The van der Waals surface area contributed by atoms with Gasteiger partial charge in [-0.1, -0.05) is 55.5 Å². The first kappa shape index (κ1) is 12.3. The van der Waals surface area contributed by atoms with Crippen molar-refractivity contribution in [1.82, 2.24) is 0 Å². The van der Waals surface area contributed by atoms with Gasteiger partial charge in [0.05, 0.1) is 0 Å². The first-order chi connectivity index (χ1) is 8.83. The molecule has 0 atom stereocenters. The van der Waals surface area contributed by atoms with Gasteiger partial charge in [-0.05, 0) is 40.8 Å². The van der Waals surface area contributed by atoms with Crippen LogP contribution in [0.4, 0.5) is 0 Å². The van der Waals surface area contributed by atoms with Crippen LogP contribution in [0.25, 0.3) is 17.2 Å². The minimum Gasteiger partial charge on any atom is -0.298 e. The fourth-order valence-electron chi connectivity index (χ4n) is 1.87. The molecule has 1 nitrogen and oxygen atoms in total. The smallest absolute Gasteiger partial charge is 0.146 e. The topological polar surface area (TPSA) is 17.1 Å². The van der Waals surface area contributed by atoms with Crippen molar-refractivity contribution in [1.29, 1.82) is 0 Å². The quantitative estimate of drug-likeness (QED) is 0.570. The normalized spacial score (nSPS) is 11.3. The molecule has 0 aromatic heterocycles. The van der Waals surface area contributed by atoms with E-state index in [1.165, 1.54) is 11.1 Å². The van der Waals surface area contributed by atoms with E-state index in [1.54, 1.807) is 0 Å². The van der Waals surface area contributed by atoms with Crippen LogP contribution in [-0.4, -0.2) is 6.29 Å². The summed E-state index contributed by atoms with van der Waals surface area (Å²) in [5, 5.41) is 0. The monoisotopic (exact) mass is 236 g/mol. The maximum atomic E-state index is 10.8. The molecule has 0 aliphatic carbocycles. The lowest BCUT2D eigenvalue weighted by Crippen LogP contribution is -1.83. The Morgan fingerprint density at radius 3 is 2.39 bits per heavy atom. The third-order valence-electron chi connectivity index (χ3n) is 2.91. The second kappa shape index (κ2) is 5.97. The molecule has 18 heavy (non-hydrogen) atoms. The number of benzene rings is 2. The maximum Gasteiger partial charge on any atom is 0.146 e. The van der Waals surface area contributed by atoms with Gasteiger partial charge in [-0.25, -0.2) is 0 Å². The van der Waals surface area contributed by atoms with Crippen LogP contribution in [0.2, 0.25) is 0 Å². The number of carbonyl (C=O) groups excluding carboxylic acids is 1. The van der Waals surface area contributed by atoms with E-state index in [-0.39, 0.29) is 0 Å². The molecule has 1 heteroatoms. The average Bonchev–Trinajstić information content (AvgIpc) is 2.46. The van der Waals surface area contributed by atoms with Crippen molar-refractivity contribution in [3.8, 4) is 11.1 Å². The van der Waals surface area contributed by atoms with Crippen molar-refractivity contribution in [2.75, 3.05) is 0 Å². The van der Waals surface area contributed by atoms with E-state index in [4.69, 9.17) is 0 Å². The van der Waals surface area contributed by atoms with Crippen molar-refractivity contribution in [3.63, 3.8) is 0 Å². The molecule has 0 heterocycles. The highest BCUT2D eigenvalue weighted by Crippen LogP contribution is 2.21. The molecule has 0 radical (unpaired) electrons. The predicted molar refractivity (Wildman–Crippen MR) is 76.2 cm³/mol. The van der Waals surface area contributed by atoms with Crippen molar-refractivity contribution < 1.29 is 4.79 Å². The van der Waals surface area contributed by atoms with E-state index < -0.39 is 0 Å². The van der Waals surface area contributed by atoms with E-state index >= 15 is 0 Å². The summed E-state index contributed by atoms with van der Waals surface area (Å²) in [7, 11) is 0. The highest BCUT2D eigenvalue weighted by molar-refractivity contribution is 5.82. The lowest BCUT2D eigenvalue weighted by molar-refractivity contribution is -0.104. The van der Waals surface area contributed by atoms with Crippen LogP contribution >= 0.6 is 0 Å². The molecular weight excluding hydrogens is 220 g/mol. The number of rotatable bonds is 4. The molecule has 0 saturated carbocycles. The standard InChI is InChI=1S/C17H16O/c1-2-14(13-18)11-15-7-6-10-17(12-15)16-8-4-3-5-9-16/h3-13H,2H2,1H3. The van der Waals surface area contributed by atoms with Crippen LogP contribution in [0.5, 0.6) is 0 Å². The highest BCUT2D eigenvalue weighted by atomic mass is 16.1. The van der Waals surface area contributed by atoms with Gasteiger partial charge in [-0.15, -0.1) is 0 Å². The summed E-state index contributed by atoms with van der Waals surface area (Å²) < 4.78 is 0. The second-order valence-electron chi connectivity index (χ2n) is 4.18. The van der Waals surface area contributed by atoms with Crippen LogP contribution in [-0.2, 0) is 4.79 Å². The van der Waals surface area contributed by atoms with Crippen LogP contribution in [0.3, 0.4) is 0 Å². The van der Waals surface area contributed by atoms with Crippen molar-refractivity contribution >= 4 is 12.4 Å². The zero-order valence-electron chi connectivity index (χ0n) is 10.5. The number of allylic oxidation sites excluding steroid dienone is 1. The van der Waals surface area contributed by atoms with E-state index in [2.05, 4.69) is 24.3 Å². The minimum atomic E-state index is 0.763. The summed E-state index contributed by atoms with van der Waals surface area (Å²) in [6, 6.07) is 18.5. The van der Waals surface area contributed by atoms with Gasteiger partial charge >= 0.3 is 0 Å². The number of hydrogen-bond donors (Lipinski definition) is 0. The summed E-state index contributed by atoms with van der Waals surface area (Å²) in [6.45, 7) is 1.99. The van der Waals surface area contributed by atoms with Gasteiger partial charge in [0.15, 0.2) is 0 Å². The Kier molecular flexibility index (Phi) is 4.08. The Morgan fingerprint density at radius 1 is 1.00 bits per heavy atom. The molecule has 2 rings (SSSR count). The SMILES string of the molecule is CCC(C=O)=Cc1cccc(-c2ccccc2)c1. The van der Waals surface area contributed by atoms with Gasteiger partial charge in [-0.2, -0.15) is 0 Å². The fourth-order valence-corrected chi connectivity index (χ4v) is 1.87. The summed E-state index contributed by atoms with van der Waals surface area (Å²) in [6.07, 6.45) is 3.63. The lowest BCUT2D eigenvalue weighted by atomic mass is 10.0. The van der Waals surface area contributed by atoms with Crippen LogP contribution in [0.1, 0.15) is 18.9 Å². The molecule has 2 aromatic rings. The van der Waals surface area contributed by atoms with E-state index in [0.29, 0.717) is 0 Å². The molecule has 0 spiro atoms. The highest BCUT2D eigenvalue weighted by Gasteiger charge is 1.98. The number of aldehydes is 1. The minimum absolute atomic E-state index is 0.763. The molecule has 0 fully saturated rings. The van der Waals surface area contributed by atoms with E-state index in [0.717, 1.165) is 23.8 Å². The van der Waals surface area contributed by atoms with Crippen LogP contribution in [0.15, 0.2) is 60.2 Å². The van der Waals surface area contributed by atoms with E-state index in [9.17, 15) is 4.79 Å². The zero-order valence-corrected chi connectivity index (χ0v) is 10.5. The number of hydrogen-bond acceptors (Lipinski definition) is 1. The van der Waals surface area contributed by atoms with Crippen LogP contribution < -0.4 is 0 Å². The van der Waals surface area contributed by atoms with Crippen LogP contribution in [0, 0.1) is 0 Å². The molecule has 0 amide bonds. The molecule has 0 bridgehead atoms. The molecule has 0 aliphatic rings. The zero-order chi connectivity index (χ0) is 12.8. The third kappa shape index (κ3) is 2.95. The molecular formula is C17H16O. The molecule has 2 aromatic carbocycles. The largest absolute Gasteiger partial charge is 0.298 e. The molecule has 0 unspecified atom stereocenters. The summed E-state index contributed by atoms with van der Waals surface area (Å²) in [5.74, 6) is 0.